The molecular formula is C21H22N2O3. The van der Waals surface area contributed by atoms with E-state index in [1.54, 1.807) is 24.3 Å². The van der Waals surface area contributed by atoms with Gasteiger partial charge >= 0.3 is 5.97 Å². The normalized spacial score (nSPS) is 15.3. The van der Waals surface area contributed by atoms with Crippen molar-refractivity contribution in [1.82, 2.24) is 9.78 Å². The summed E-state index contributed by atoms with van der Waals surface area (Å²) in [6.07, 6.45) is 4.47. The van der Waals surface area contributed by atoms with Crippen molar-refractivity contribution in [2.24, 2.45) is 5.92 Å². The Labute approximate surface area is 152 Å². The van der Waals surface area contributed by atoms with Crippen molar-refractivity contribution >= 4 is 16.9 Å². The van der Waals surface area contributed by atoms with Crippen LogP contribution in [0, 0.1) is 5.92 Å². The molecule has 0 amide bonds. The lowest BCUT2D eigenvalue weighted by Gasteiger charge is -2.13. The summed E-state index contributed by atoms with van der Waals surface area (Å²) >= 11 is 0. The SMILES string of the molecule is C[C@@H](COCC1CC1)c1ccc2c(cnn2-c2ccc(C(=O)O)cc2)c1. The Morgan fingerprint density at radius 3 is 2.73 bits per heavy atom. The van der Waals surface area contributed by atoms with E-state index in [1.165, 1.54) is 18.4 Å². The third-order valence-corrected chi connectivity index (χ3v) is 4.94. The van der Waals surface area contributed by atoms with Gasteiger partial charge in [0.05, 0.1) is 29.6 Å². The first-order chi connectivity index (χ1) is 12.6. The van der Waals surface area contributed by atoms with Crippen molar-refractivity contribution in [1.29, 1.82) is 0 Å². The van der Waals surface area contributed by atoms with Gasteiger partial charge in [0.15, 0.2) is 0 Å². The summed E-state index contributed by atoms with van der Waals surface area (Å²) in [7, 11) is 0. The predicted octanol–water partition coefficient (Wildman–Crippen LogP) is 4.25. The van der Waals surface area contributed by atoms with Crippen LogP contribution in [-0.2, 0) is 4.74 Å². The summed E-state index contributed by atoms with van der Waals surface area (Å²) < 4.78 is 7.65. The molecule has 134 valence electrons. The van der Waals surface area contributed by atoms with E-state index in [0.29, 0.717) is 5.92 Å². The highest BCUT2D eigenvalue weighted by Crippen LogP contribution is 2.29. The molecule has 1 N–H and O–H groups in total. The second kappa shape index (κ2) is 6.92. The van der Waals surface area contributed by atoms with Crippen molar-refractivity contribution in [2.75, 3.05) is 13.2 Å². The third-order valence-electron chi connectivity index (χ3n) is 4.94. The van der Waals surface area contributed by atoms with Crippen LogP contribution < -0.4 is 0 Å². The molecule has 0 spiro atoms. The number of ether oxygens (including phenoxy) is 1. The third kappa shape index (κ3) is 3.48. The number of benzene rings is 2. The zero-order valence-electron chi connectivity index (χ0n) is 14.8. The minimum absolute atomic E-state index is 0.271. The molecule has 0 aliphatic heterocycles. The summed E-state index contributed by atoms with van der Waals surface area (Å²) in [5.41, 5.74) is 3.36. The molecule has 0 unspecified atom stereocenters. The van der Waals surface area contributed by atoms with Crippen molar-refractivity contribution in [3.63, 3.8) is 0 Å². The Bertz CT molecular complexity index is 926. The fourth-order valence-corrected chi connectivity index (χ4v) is 3.10. The molecule has 5 nitrogen and oxygen atoms in total. The number of hydrogen-bond donors (Lipinski definition) is 1. The number of rotatable bonds is 7. The molecule has 2 aromatic carbocycles. The Kier molecular flexibility index (Phi) is 4.47. The number of carboxylic acids is 1. The highest BCUT2D eigenvalue weighted by atomic mass is 16.5. The van der Waals surface area contributed by atoms with Crippen LogP contribution in [0.25, 0.3) is 16.6 Å². The quantitative estimate of drug-likeness (QED) is 0.692. The van der Waals surface area contributed by atoms with Gasteiger partial charge in [-0.15, -0.1) is 0 Å². The largest absolute Gasteiger partial charge is 0.478 e. The maximum atomic E-state index is 11.0. The second-order valence-electron chi connectivity index (χ2n) is 7.11. The van der Waals surface area contributed by atoms with Gasteiger partial charge in [-0.1, -0.05) is 13.0 Å². The summed E-state index contributed by atoms with van der Waals surface area (Å²) in [5.74, 6) is 0.205. The van der Waals surface area contributed by atoms with E-state index < -0.39 is 5.97 Å². The van der Waals surface area contributed by atoms with Gasteiger partial charge in [0.1, 0.15) is 0 Å². The molecule has 0 saturated heterocycles. The molecule has 1 fully saturated rings. The number of carbonyl (C=O) groups is 1. The molecule has 3 aromatic rings. The Balaban J connectivity index is 1.53. The number of aromatic nitrogens is 2. The summed E-state index contributed by atoms with van der Waals surface area (Å²) in [6, 6.07) is 13.1. The minimum Gasteiger partial charge on any atom is -0.478 e. The monoisotopic (exact) mass is 350 g/mol. The van der Waals surface area contributed by atoms with Gasteiger partial charge in [-0.2, -0.15) is 5.10 Å². The summed E-state index contributed by atoms with van der Waals surface area (Å²) in [6.45, 7) is 3.81. The number of carboxylic acid groups (broad SMARTS) is 1. The highest BCUT2D eigenvalue weighted by molar-refractivity contribution is 5.88. The zero-order valence-corrected chi connectivity index (χ0v) is 14.8. The standard InChI is InChI=1S/C21H22N2O3/c1-14(12-26-13-15-2-3-15)17-6-9-20-18(10-17)11-22-23(20)19-7-4-16(5-8-19)21(24)25/h4-11,14-15H,2-3,12-13H2,1H3,(H,24,25)/t14-/m0/s1. The molecule has 5 heteroatoms. The molecule has 4 rings (SSSR count). The van der Waals surface area contributed by atoms with E-state index in [4.69, 9.17) is 9.84 Å². The molecule has 1 saturated carbocycles. The maximum Gasteiger partial charge on any atom is 0.335 e. The highest BCUT2D eigenvalue weighted by Gasteiger charge is 2.21. The van der Waals surface area contributed by atoms with Gasteiger partial charge in [0.2, 0.25) is 0 Å². The Hall–Kier alpha value is -2.66. The first-order valence-corrected chi connectivity index (χ1v) is 9.01. The Morgan fingerprint density at radius 1 is 1.27 bits per heavy atom. The molecule has 26 heavy (non-hydrogen) atoms. The van der Waals surface area contributed by atoms with Gasteiger partial charge in [0, 0.05) is 17.9 Å². The number of aromatic carboxylic acids is 1. The predicted molar refractivity (Wildman–Crippen MR) is 100.0 cm³/mol. The smallest absolute Gasteiger partial charge is 0.335 e. The number of hydrogen-bond acceptors (Lipinski definition) is 3. The molecule has 1 aliphatic carbocycles. The molecule has 0 radical (unpaired) electrons. The fraction of sp³-hybridized carbons (Fsp3) is 0.333. The second-order valence-corrected chi connectivity index (χ2v) is 7.11. The maximum absolute atomic E-state index is 11.0. The van der Waals surface area contributed by atoms with Gasteiger partial charge in [-0.25, -0.2) is 9.48 Å². The Morgan fingerprint density at radius 2 is 2.04 bits per heavy atom. The van der Waals surface area contributed by atoms with E-state index in [0.717, 1.165) is 35.7 Å². The molecule has 0 bridgehead atoms. The van der Waals surface area contributed by atoms with Crippen molar-refractivity contribution in [3.05, 3.63) is 59.8 Å². The van der Waals surface area contributed by atoms with Crippen LogP contribution in [0.2, 0.25) is 0 Å². The van der Waals surface area contributed by atoms with Crippen molar-refractivity contribution < 1.29 is 14.6 Å². The minimum atomic E-state index is -0.926. The molecule has 1 atom stereocenters. The van der Waals surface area contributed by atoms with Crippen LogP contribution in [-0.4, -0.2) is 34.1 Å². The van der Waals surface area contributed by atoms with Crippen LogP contribution in [0.15, 0.2) is 48.7 Å². The topological polar surface area (TPSA) is 64.4 Å². The van der Waals surface area contributed by atoms with Crippen LogP contribution in [0.1, 0.15) is 41.6 Å². The fourth-order valence-electron chi connectivity index (χ4n) is 3.10. The van der Waals surface area contributed by atoms with Gasteiger partial charge in [-0.3, -0.25) is 0 Å². The first-order valence-electron chi connectivity index (χ1n) is 9.01. The van der Waals surface area contributed by atoms with Crippen LogP contribution >= 0.6 is 0 Å². The molecule has 1 aromatic heterocycles. The number of nitrogens with zero attached hydrogens (tertiary/aromatic N) is 2. The summed E-state index contributed by atoms with van der Waals surface area (Å²) in [4.78, 5) is 11.0. The van der Waals surface area contributed by atoms with Crippen molar-refractivity contribution in [2.45, 2.75) is 25.7 Å². The summed E-state index contributed by atoms with van der Waals surface area (Å²) in [5, 5.41) is 14.6. The van der Waals surface area contributed by atoms with Crippen LogP contribution in [0.3, 0.4) is 0 Å². The van der Waals surface area contributed by atoms with E-state index in [9.17, 15) is 4.79 Å². The average Bonchev–Trinajstić information content (AvgIpc) is 3.38. The van der Waals surface area contributed by atoms with E-state index in [1.807, 2.05) is 10.9 Å². The lowest BCUT2D eigenvalue weighted by molar-refractivity contribution is 0.0697. The van der Waals surface area contributed by atoms with Gasteiger partial charge in [-0.05, 0) is 60.7 Å². The van der Waals surface area contributed by atoms with Crippen LogP contribution in [0.5, 0.6) is 0 Å². The van der Waals surface area contributed by atoms with Crippen molar-refractivity contribution in [3.8, 4) is 5.69 Å². The lowest BCUT2D eigenvalue weighted by Crippen LogP contribution is -2.06. The van der Waals surface area contributed by atoms with Gasteiger partial charge < -0.3 is 9.84 Å². The van der Waals surface area contributed by atoms with E-state index >= 15 is 0 Å². The molecular weight excluding hydrogens is 328 g/mol. The van der Waals surface area contributed by atoms with Crippen LogP contribution in [0.4, 0.5) is 0 Å². The first kappa shape index (κ1) is 16.8. The van der Waals surface area contributed by atoms with E-state index in [2.05, 4.69) is 30.2 Å². The zero-order chi connectivity index (χ0) is 18.1. The number of fused-ring (bicyclic) bond motifs is 1. The molecule has 1 heterocycles. The lowest BCUT2D eigenvalue weighted by atomic mass is 10.0. The average molecular weight is 350 g/mol. The van der Waals surface area contributed by atoms with Gasteiger partial charge in [0.25, 0.3) is 0 Å². The molecule has 1 aliphatic rings. The van der Waals surface area contributed by atoms with E-state index in [-0.39, 0.29) is 5.56 Å².